The number of carbonyl (C=O) groups excluding carboxylic acids is 9. The third kappa shape index (κ3) is 10.3. The van der Waals surface area contributed by atoms with Crippen LogP contribution in [-0.2, 0) is 58.0 Å². The van der Waals surface area contributed by atoms with E-state index in [9.17, 15) is 44.4 Å². The number of aliphatic hydroxyl groups excluding tert-OH is 1. The van der Waals surface area contributed by atoms with E-state index in [2.05, 4.69) is 10.6 Å². The van der Waals surface area contributed by atoms with Gasteiger partial charge in [0.25, 0.3) is 11.8 Å². The highest BCUT2D eigenvalue weighted by Gasteiger charge is 2.79. The zero-order chi connectivity index (χ0) is 68.2. The molecule has 22 nitrogen and oxygen atoms in total. The molecule has 0 aromatic heterocycles. The van der Waals surface area contributed by atoms with Gasteiger partial charge in [0, 0.05) is 54.9 Å². The maximum Gasteiger partial charge on any atom is 0.340 e. The average molecular weight is 1300 g/mol. The van der Waals surface area contributed by atoms with E-state index in [-0.39, 0.29) is 56.0 Å². The predicted octanol–water partition coefficient (Wildman–Crippen LogP) is 7.64. The minimum atomic E-state index is -2.67. The number of halogens is 2. The number of phenols is 2. The summed E-state index contributed by atoms with van der Waals surface area (Å²) in [7, 11) is 0. The molecule has 2 amide bonds. The van der Waals surface area contributed by atoms with E-state index >= 15 is 28.0 Å². The maximum atomic E-state index is 16.8. The highest BCUT2D eigenvalue weighted by atomic mass is 19.1. The van der Waals surface area contributed by atoms with Crippen LogP contribution in [0, 0.1) is 34.3 Å². The Hall–Kier alpha value is -10.2. The van der Waals surface area contributed by atoms with Crippen molar-refractivity contribution in [3.05, 3.63) is 201 Å². The number of benzene rings is 6. The number of phenolic OH excluding ortho intramolecular Hbond substituents is 2. The molecule has 3 aliphatic carbocycles. The minimum Gasteiger partial charge on any atom is -0.505 e. The van der Waals surface area contributed by atoms with Gasteiger partial charge in [-0.05, 0) is 79.4 Å². The van der Waals surface area contributed by atoms with Gasteiger partial charge in [0.2, 0.25) is 0 Å². The fraction of sp³-hybridized carbons (Fsp3) is 0.338. The van der Waals surface area contributed by atoms with Gasteiger partial charge in [0.1, 0.15) is 35.4 Å². The van der Waals surface area contributed by atoms with Gasteiger partial charge in [-0.3, -0.25) is 28.8 Å². The zero-order valence-corrected chi connectivity index (χ0v) is 52.1. The Labute approximate surface area is 541 Å². The highest BCUT2D eigenvalue weighted by molar-refractivity contribution is 6.10. The Bertz CT molecular complexity index is 4220. The number of ketones is 2. The molecule has 12 rings (SSSR count). The lowest BCUT2D eigenvalue weighted by molar-refractivity contribution is -0.339. The van der Waals surface area contributed by atoms with Crippen molar-refractivity contribution in [3.8, 4) is 23.0 Å². The number of fused-ring (bicyclic) bond motifs is 11. The minimum absolute atomic E-state index is 0.00783. The number of esters is 5. The summed E-state index contributed by atoms with van der Waals surface area (Å²) in [5, 5.41) is 52.6. The van der Waals surface area contributed by atoms with Crippen molar-refractivity contribution < 1.29 is 106 Å². The summed E-state index contributed by atoms with van der Waals surface area (Å²) in [5.41, 5.74) is -12.7. The summed E-state index contributed by atoms with van der Waals surface area (Å²) in [5.74, 6) is -17.7. The SMILES string of the molecule is CC(=O)O[C@H]1C(=O)[C@]2(C)[C@@H](C(=O)[C@H](C)NC(=O)c3cccc4c3C(=O)OC43c4cc(F)c(O)cc4Oc4cc(O)c(F)cc43)C[C@H]3OC[C@@]3(OC(C)=O)[C@H]2[C@H](OC(=O)c2ccccc2)[C@]2(O)C[C@H](OC(=O)[C@H](O)[C@@H](NC(=O)c3ccccc3)c3ccccc3)C(C)=C1C2(C)C. The molecule has 1 saturated heterocycles. The molecule has 6 N–H and O–H groups in total. The van der Waals surface area contributed by atoms with Crippen molar-refractivity contribution in [2.45, 2.75) is 121 Å². The number of Topliss-reactive ketones (excluding diaryl/α,β-unsaturated/α-hetero) is 2. The second-order valence-corrected chi connectivity index (χ2v) is 25.5. The molecule has 95 heavy (non-hydrogen) atoms. The molecule has 1 spiro atoms. The Balaban J connectivity index is 0.969. The predicted molar refractivity (Wildman–Crippen MR) is 325 cm³/mol. The Morgan fingerprint density at radius 1 is 0.705 bits per heavy atom. The summed E-state index contributed by atoms with van der Waals surface area (Å²) >= 11 is 0. The number of nitrogens with one attached hydrogen (secondary N) is 2. The first-order valence-electron chi connectivity index (χ1n) is 30.5. The van der Waals surface area contributed by atoms with Crippen LogP contribution in [0.15, 0.2) is 145 Å². The van der Waals surface area contributed by atoms with Gasteiger partial charge in [-0.15, -0.1) is 0 Å². The first kappa shape index (κ1) is 64.9. The van der Waals surface area contributed by atoms with E-state index in [0.717, 1.165) is 38.1 Å². The Morgan fingerprint density at radius 3 is 1.86 bits per heavy atom. The van der Waals surface area contributed by atoms with Crippen LogP contribution >= 0.6 is 0 Å². The molecule has 492 valence electrons. The molecule has 2 saturated carbocycles. The molecule has 6 aromatic rings. The van der Waals surface area contributed by atoms with Crippen molar-refractivity contribution in [1.82, 2.24) is 10.6 Å². The Kier molecular flexibility index (Phi) is 16.2. The largest absolute Gasteiger partial charge is 0.505 e. The lowest BCUT2D eigenvalue weighted by atomic mass is 9.42. The summed E-state index contributed by atoms with van der Waals surface area (Å²) in [6.07, 6.45) is -10.7. The standard InChI is InChI=1S/C71H64F2N2O20/c1-33-51(92-66(87)57(81)55(37-18-11-8-12-19-37)75-62(83)38-20-13-9-14-21-38)31-70(88)61(93-64(85)39-22-15-10-16-23-39)59-68(7,60(82)58(90-35(3)76)54(33)67(70,5)6)44(28-52-69(59,32-89-52)94-36(4)77)56(80)34(2)74-63(84)40-24-17-25-41-53(40)65(86)95-71(41)42-26-45(72)47(78)29-49(42)91-50-30-48(79)46(73)27-43(50)71/h8-27,29-30,34,44,51-52,55,57-59,61,78-79,81,88H,28,31-32H2,1-7H3,(H,74,84)(H,75,83)/t34-,44+,51-,52+,55-,57+,58+,59-,61-,68+,69-,70+/m0/s1. The lowest BCUT2D eigenvalue weighted by Crippen LogP contribution is -2.81. The van der Waals surface area contributed by atoms with Gasteiger partial charge < -0.3 is 64.2 Å². The van der Waals surface area contributed by atoms with Crippen LogP contribution in [0.25, 0.3) is 0 Å². The summed E-state index contributed by atoms with van der Waals surface area (Å²) in [6.45, 7) is 8.47. The van der Waals surface area contributed by atoms with Gasteiger partial charge in [-0.25, -0.2) is 23.2 Å². The second kappa shape index (κ2) is 23.7. The number of hydrogen-bond donors (Lipinski definition) is 6. The van der Waals surface area contributed by atoms with Gasteiger partial charge in [-0.1, -0.05) is 99.6 Å². The average Bonchev–Trinajstić information content (AvgIpc) is 0.738. The topological polar surface area (TPSA) is 323 Å². The number of rotatable bonds is 14. The molecule has 0 unspecified atom stereocenters. The van der Waals surface area contributed by atoms with E-state index in [0.29, 0.717) is 0 Å². The molecule has 0 radical (unpaired) electrons. The normalized spacial score (nSPS) is 26.4. The molecular weight excluding hydrogens is 1240 g/mol. The number of carbonyl (C=O) groups is 9. The number of ether oxygens (including phenoxy) is 7. The monoisotopic (exact) mass is 1300 g/mol. The molecule has 12 atom stereocenters. The second-order valence-electron chi connectivity index (χ2n) is 25.5. The summed E-state index contributed by atoms with van der Waals surface area (Å²) in [4.78, 5) is 133. The molecule has 3 aliphatic heterocycles. The van der Waals surface area contributed by atoms with E-state index in [1.165, 1.54) is 89.2 Å². The van der Waals surface area contributed by atoms with Gasteiger partial charge in [0.15, 0.2) is 58.1 Å². The molecule has 6 aromatic carbocycles. The van der Waals surface area contributed by atoms with Crippen LogP contribution in [-0.4, -0.2) is 128 Å². The number of amides is 2. The van der Waals surface area contributed by atoms with E-state index in [1.807, 2.05) is 0 Å². The zero-order valence-electron chi connectivity index (χ0n) is 52.1. The maximum absolute atomic E-state index is 16.8. The summed E-state index contributed by atoms with van der Waals surface area (Å²) < 4.78 is 74.2. The van der Waals surface area contributed by atoms with Crippen LogP contribution < -0.4 is 15.4 Å². The fourth-order valence-corrected chi connectivity index (χ4v) is 15.2. The smallest absolute Gasteiger partial charge is 0.340 e. The highest BCUT2D eigenvalue weighted by Crippen LogP contribution is 2.66. The Morgan fingerprint density at radius 2 is 1.29 bits per heavy atom. The number of hydrogen-bond acceptors (Lipinski definition) is 20. The van der Waals surface area contributed by atoms with E-state index in [4.69, 9.17) is 33.2 Å². The lowest BCUT2D eigenvalue weighted by Gasteiger charge is -2.68. The quantitative estimate of drug-likeness (QED) is 0.0347. The van der Waals surface area contributed by atoms with Crippen LogP contribution in [0.2, 0.25) is 0 Å². The van der Waals surface area contributed by atoms with Crippen molar-refractivity contribution >= 4 is 53.2 Å². The van der Waals surface area contributed by atoms with Gasteiger partial charge in [-0.2, -0.15) is 0 Å². The molecule has 3 heterocycles. The summed E-state index contributed by atoms with van der Waals surface area (Å²) in [6, 6.07) is 27.5. The molecule has 2 bridgehead atoms. The molecule has 6 aliphatic rings. The number of aromatic hydroxyl groups is 2. The number of aliphatic hydroxyl groups is 2. The van der Waals surface area contributed by atoms with E-state index < -0.39 is 189 Å². The first-order chi connectivity index (χ1) is 45.0. The van der Waals surface area contributed by atoms with Crippen LogP contribution in [0.4, 0.5) is 8.78 Å². The van der Waals surface area contributed by atoms with Crippen molar-refractivity contribution in [1.29, 1.82) is 0 Å². The van der Waals surface area contributed by atoms with Crippen molar-refractivity contribution in [2.24, 2.45) is 22.7 Å². The fourth-order valence-electron chi connectivity index (χ4n) is 15.2. The molecule has 3 fully saturated rings. The van der Waals surface area contributed by atoms with Crippen molar-refractivity contribution in [3.63, 3.8) is 0 Å². The van der Waals surface area contributed by atoms with Crippen LogP contribution in [0.1, 0.15) is 131 Å². The van der Waals surface area contributed by atoms with Gasteiger partial charge in [0.05, 0.1) is 57.8 Å². The van der Waals surface area contributed by atoms with Crippen LogP contribution in [0.3, 0.4) is 0 Å². The third-order valence-corrected chi connectivity index (χ3v) is 19.9. The van der Waals surface area contributed by atoms with Gasteiger partial charge >= 0.3 is 29.8 Å². The first-order valence-corrected chi connectivity index (χ1v) is 30.5. The third-order valence-electron chi connectivity index (χ3n) is 19.9. The molecule has 24 heteroatoms. The van der Waals surface area contributed by atoms with E-state index in [1.54, 1.807) is 54.6 Å². The van der Waals surface area contributed by atoms with Crippen LogP contribution in [0.5, 0.6) is 23.0 Å². The molecular formula is C71H64F2N2O20. The van der Waals surface area contributed by atoms with Crippen molar-refractivity contribution in [2.75, 3.05) is 6.61 Å².